The normalized spacial score (nSPS) is 14.4. The second-order valence-corrected chi connectivity index (χ2v) is 4.92. The van der Waals surface area contributed by atoms with Gasteiger partial charge in [0.2, 0.25) is 0 Å². The fourth-order valence-electron chi connectivity index (χ4n) is 2.05. The van der Waals surface area contributed by atoms with Gasteiger partial charge >= 0.3 is 0 Å². The van der Waals surface area contributed by atoms with Crippen LogP contribution in [-0.2, 0) is 6.42 Å². The third kappa shape index (κ3) is 4.73. The molecule has 2 N–H and O–H groups in total. The topological polar surface area (TPSA) is 42.5 Å². The molecule has 0 heterocycles. The highest BCUT2D eigenvalue weighted by Crippen LogP contribution is 2.27. The van der Waals surface area contributed by atoms with Crippen LogP contribution in [0.1, 0.15) is 18.4 Å². The molecule has 0 bridgehead atoms. The lowest BCUT2D eigenvalue weighted by molar-refractivity contribution is 0.354. The third-order valence-corrected chi connectivity index (χ3v) is 3.35. The smallest absolute Gasteiger partial charge is 0.160 e. The van der Waals surface area contributed by atoms with E-state index in [1.807, 2.05) is 12.1 Å². The summed E-state index contributed by atoms with van der Waals surface area (Å²) in [7, 11) is 3.33. The summed E-state index contributed by atoms with van der Waals surface area (Å²) in [6, 6.07) is 6.89. The van der Waals surface area contributed by atoms with Crippen LogP contribution in [0.2, 0.25) is 0 Å². The van der Waals surface area contributed by atoms with E-state index in [-0.39, 0.29) is 0 Å². The Labute approximate surface area is 115 Å². The summed E-state index contributed by atoms with van der Waals surface area (Å²) in [5.74, 6) is 1.59. The highest BCUT2D eigenvalue weighted by Gasteiger charge is 2.19. The molecule has 0 unspecified atom stereocenters. The van der Waals surface area contributed by atoms with Gasteiger partial charge in [0.25, 0.3) is 0 Å². The fraction of sp³-hybridized carbons (Fsp3) is 0.600. The molecule has 4 nitrogen and oxygen atoms in total. The average molecular weight is 264 g/mol. The summed E-state index contributed by atoms with van der Waals surface area (Å²) in [5.41, 5.74) is 1.26. The number of hydrogen-bond donors (Lipinski definition) is 2. The maximum Gasteiger partial charge on any atom is 0.160 e. The molecule has 106 valence electrons. The first-order valence-electron chi connectivity index (χ1n) is 6.98. The molecule has 1 saturated carbocycles. The lowest BCUT2D eigenvalue weighted by Gasteiger charge is -2.10. The molecule has 1 fully saturated rings. The van der Waals surface area contributed by atoms with Gasteiger partial charge in [0.15, 0.2) is 11.5 Å². The van der Waals surface area contributed by atoms with E-state index in [0.29, 0.717) is 0 Å². The summed E-state index contributed by atoms with van der Waals surface area (Å²) >= 11 is 0. The van der Waals surface area contributed by atoms with Crippen LogP contribution in [0.25, 0.3) is 0 Å². The van der Waals surface area contributed by atoms with Crippen LogP contribution in [0.5, 0.6) is 11.5 Å². The van der Waals surface area contributed by atoms with Crippen molar-refractivity contribution in [2.45, 2.75) is 25.3 Å². The highest BCUT2D eigenvalue weighted by atomic mass is 16.5. The summed E-state index contributed by atoms with van der Waals surface area (Å²) < 4.78 is 10.5. The van der Waals surface area contributed by atoms with E-state index in [0.717, 1.165) is 43.6 Å². The molecule has 0 spiro atoms. The van der Waals surface area contributed by atoms with Gasteiger partial charge in [0.05, 0.1) is 14.2 Å². The molecular formula is C15H24N2O2. The van der Waals surface area contributed by atoms with Crippen LogP contribution in [-0.4, -0.2) is 39.9 Å². The summed E-state index contributed by atoms with van der Waals surface area (Å²) in [4.78, 5) is 0. The maximum absolute atomic E-state index is 5.30. The van der Waals surface area contributed by atoms with Crippen molar-refractivity contribution < 1.29 is 9.47 Å². The van der Waals surface area contributed by atoms with E-state index in [2.05, 4.69) is 16.7 Å². The first-order chi connectivity index (χ1) is 9.33. The zero-order valence-electron chi connectivity index (χ0n) is 11.9. The molecule has 19 heavy (non-hydrogen) atoms. The predicted molar refractivity (Wildman–Crippen MR) is 77.1 cm³/mol. The quantitative estimate of drug-likeness (QED) is 0.665. The Morgan fingerprint density at radius 3 is 2.53 bits per heavy atom. The van der Waals surface area contributed by atoms with Crippen molar-refractivity contribution in [1.29, 1.82) is 0 Å². The van der Waals surface area contributed by atoms with Gasteiger partial charge in [-0.3, -0.25) is 0 Å². The fourth-order valence-corrected chi connectivity index (χ4v) is 2.05. The van der Waals surface area contributed by atoms with Gasteiger partial charge in [-0.2, -0.15) is 0 Å². The summed E-state index contributed by atoms with van der Waals surface area (Å²) in [6.45, 7) is 3.09. The molecule has 1 aromatic carbocycles. The Hall–Kier alpha value is -1.26. The van der Waals surface area contributed by atoms with Crippen LogP contribution in [0.15, 0.2) is 18.2 Å². The Kier molecular flexibility index (Phi) is 5.48. The number of nitrogens with one attached hydrogen (secondary N) is 2. The third-order valence-electron chi connectivity index (χ3n) is 3.35. The van der Waals surface area contributed by atoms with E-state index < -0.39 is 0 Å². The standard InChI is InChI=1S/C15H24N2O2/c1-18-14-6-3-12(11-15(14)19-2)7-8-16-9-10-17-13-4-5-13/h3,6,11,13,16-17H,4-5,7-10H2,1-2H3. The van der Waals surface area contributed by atoms with Gasteiger partial charge in [0.1, 0.15) is 0 Å². The molecule has 2 rings (SSSR count). The van der Waals surface area contributed by atoms with Crippen LogP contribution >= 0.6 is 0 Å². The lowest BCUT2D eigenvalue weighted by Crippen LogP contribution is -2.29. The minimum atomic E-state index is 0.785. The molecule has 0 aliphatic heterocycles. The van der Waals surface area contributed by atoms with Crippen LogP contribution in [0.3, 0.4) is 0 Å². The first kappa shape index (κ1) is 14.2. The maximum atomic E-state index is 5.30. The number of ether oxygens (including phenoxy) is 2. The minimum absolute atomic E-state index is 0.785. The van der Waals surface area contributed by atoms with Gasteiger partial charge < -0.3 is 20.1 Å². The van der Waals surface area contributed by atoms with Crippen molar-refractivity contribution in [3.63, 3.8) is 0 Å². The van der Waals surface area contributed by atoms with E-state index in [4.69, 9.17) is 9.47 Å². The van der Waals surface area contributed by atoms with E-state index in [9.17, 15) is 0 Å². The zero-order chi connectivity index (χ0) is 13.5. The predicted octanol–water partition coefficient (Wildman–Crippen LogP) is 1.59. The van der Waals surface area contributed by atoms with Gasteiger partial charge in [-0.1, -0.05) is 6.07 Å². The average Bonchev–Trinajstić information content (AvgIpc) is 3.26. The zero-order valence-corrected chi connectivity index (χ0v) is 11.9. The summed E-state index contributed by atoms with van der Waals surface area (Å²) in [6.07, 6.45) is 3.71. The molecule has 0 saturated heterocycles. The Balaban J connectivity index is 1.66. The van der Waals surface area contributed by atoms with Gasteiger partial charge in [-0.15, -0.1) is 0 Å². The monoisotopic (exact) mass is 264 g/mol. The van der Waals surface area contributed by atoms with E-state index in [1.54, 1.807) is 14.2 Å². The van der Waals surface area contributed by atoms with Gasteiger partial charge in [-0.25, -0.2) is 0 Å². The first-order valence-corrected chi connectivity index (χ1v) is 6.98. The highest BCUT2D eigenvalue weighted by molar-refractivity contribution is 5.42. The second kappa shape index (κ2) is 7.36. The Bertz CT molecular complexity index is 392. The molecule has 4 heteroatoms. The van der Waals surface area contributed by atoms with Crippen molar-refractivity contribution in [3.8, 4) is 11.5 Å². The molecule has 0 amide bonds. The number of rotatable bonds is 9. The van der Waals surface area contributed by atoms with Crippen molar-refractivity contribution in [2.75, 3.05) is 33.9 Å². The molecule has 1 aliphatic carbocycles. The van der Waals surface area contributed by atoms with Crippen molar-refractivity contribution in [1.82, 2.24) is 10.6 Å². The Morgan fingerprint density at radius 1 is 1.05 bits per heavy atom. The second-order valence-electron chi connectivity index (χ2n) is 4.92. The van der Waals surface area contributed by atoms with E-state index in [1.165, 1.54) is 18.4 Å². The van der Waals surface area contributed by atoms with Crippen LogP contribution in [0.4, 0.5) is 0 Å². The molecule has 0 radical (unpaired) electrons. The molecule has 0 atom stereocenters. The van der Waals surface area contributed by atoms with Gasteiger partial charge in [0, 0.05) is 19.1 Å². The van der Waals surface area contributed by atoms with Gasteiger partial charge in [-0.05, 0) is 43.5 Å². The molecular weight excluding hydrogens is 240 g/mol. The van der Waals surface area contributed by atoms with Crippen LogP contribution < -0.4 is 20.1 Å². The van der Waals surface area contributed by atoms with E-state index >= 15 is 0 Å². The van der Waals surface area contributed by atoms with Crippen molar-refractivity contribution in [2.24, 2.45) is 0 Å². The number of benzene rings is 1. The molecule has 1 aliphatic rings. The molecule has 0 aromatic heterocycles. The Morgan fingerprint density at radius 2 is 1.84 bits per heavy atom. The van der Waals surface area contributed by atoms with Crippen molar-refractivity contribution >= 4 is 0 Å². The SMILES string of the molecule is COc1ccc(CCNCCNC2CC2)cc1OC. The number of hydrogen-bond acceptors (Lipinski definition) is 4. The van der Waals surface area contributed by atoms with Crippen molar-refractivity contribution in [3.05, 3.63) is 23.8 Å². The lowest BCUT2D eigenvalue weighted by atomic mass is 10.1. The largest absolute Gasteiger partial charge is 0.493 e. The molecule has 1 aromatic rings. The minimum Gasteiger partial charge on any atom is -0.493 e. The van der Waals surface area contributed by atoms with Crippen LogP contribution in [0, 0.1) is 0 Å². The number of methoxy groups -OCH3 is 2. The summed E-state index contributed by atoms with van der Waals surface area (Å²) in [5, 5.41) is 6.94.